The number of rotatable bonds is 7. The summed E-state index contributed by atoms with van der Waals surface area (Å²) in [6.45, 7) is 4.67. The molecule has 2 saturated heterocycles. The zero-order chi connectivity index (χ0) is 23.7. The third-order valence-electron chi connectivity index (χ3n) is 8.05. The van der Waals surface area contributed by atoms with Crippen LogP contribution in [0, 0.1) is 0 Å². The van der Waals surface area contributed by atoms with E-state index < -0.39 is 5.54 Å². The summed E-state index contributed by atoms with van der Waals surface area (Å²) in [5, 5.41) is 6.36. The van der Waals surface area contributed by atoms with Crippen LogP contribution in [0.15, 0.2) is 24.5 Å². The van der Waals surface area contributed by atoms with E-state index in [1.807, 2.05) is 18.3 Å². The first-order chi connectivity index (χ1) is 17.2. The van der Waals surface area contributed by atoms with Gasteiger partial charge in [0.15, 0.2) is 0 Å². The van der Waals surface area contributed by atoms with E-state index in [4.69, 9.17) is 9.72 Å². The highest BCUT2D eigenvalue weighted by molar-refractivity contribution is 5.94. The van der Waals surface area contributed by atoms with Gasteiger partial charge in [0.25, 0.3) is 0 Å². The summed E-state index contributed by atoms with van der Waals surface area (Å²) >= 11 is 0. The second-order valence-electron chi connectivity index (χ2n) is 10.3. The lowest BCUT2D eigenvalue weighted by molar-refractivity contribution is -0.123. The summed E-state index contributed by atoms with van der Waals surface area (Å²) < 4.78 is 5.85. The minimum atomic E-state index is -0.501. The van der Waals surface area contributed by atoms with Crippen molar-refractivity contribution in [2.45, 2.75) is 69.4 Å². The molecule has 0 radical (unpaired) electrons. The van der Waals surface area contributed by atoms with Crippen LogP contribution in [0.2, 0.25) is 0 Å². The normalized spacial score (nSPS) is 24.7. The van der Waals surface area contributed by atoms with Gasteiger partial charge in [0.2, 0.25) is 17.7 Å². The Balaban J connectivity index is 1.13. The molecule has 35 heavy (non-hydrogen) atoms. The summed E-state index contributed by atoms with van der Waals surface area (Å²) in [6, 6.07) is 4.19. The number of anilines is 3. The Labute approximate surface area is 206 Å². The van der Waals surface area contributed by atoms with E-state index in [0.717, 1.165) is 49.4 Å². The molecule has 2 aromatic rings. The summed E-state index contributed by atoms with van der Waals surface area (Å²) in [4.78, 5) is 31.7. The largest absolute Gasteiger partial charge is 0.476 e. The molecule has 2 aromatic heterocycles. The SMILES string of the molecule is O=C1NCCC12Cc1cnc(Nc3ccc(OCCN4CCCCC4)nc3)nc1N2C1CCCC1. The maximum Gasteiger partial charge on any atom is 0.246 e. The first kappa shape index (κ1) is 22.5. The second kappa shape index (κ2) is 9.60. The van der Waals surface area contributed by atoms with E-state index in [1.54, 1.807) is 6.20 Å². The minimum absolute atomic E-state index is 0.136. The number of piperidine rings is 1. The molecule has 6 rings (SSSR count). The predicted octanol–water partition coefficient (Wildman–Crippen LogP) is 3.04. The van der Waals surface area contributed by atoms with Gasteiger partial charge >= 0.3 is 0 Å². The van der Waals surface area contributed by atoms with Gasteiger partial charge in [0, 0.05) is 43.4 Å². The fourth-order valence-electron chi connectivity index (χ4n) is 6.27. The van der Waals surface area contributed by atoms with Crippen molar-refractivity contribution in [2.24, 2.45) is 0 Å². The van der Waals surface area contributed by atoms with Crippen molar-refractivity contribution in [1.82, 2.24) is 25.2 Å². The van der Waals surface area contributed by atoms with Crippen LogP contribution in [-0.4, -0.2) is 70.1 Å². The number of fused-ring (bicyclic) bond motifs is 1. The first-order valence-corrected chi connectivity index (χ1v) is 13.2. The molecule has 186 valence electrons. The Morgan fingerprint density at radius 1 is 1.09 bits per heavy atom. The van der Waals surface area contributed by atoms with Gasteiger partial charge < -0.3 is 20.3 Å². The number of hydrogen-bond acceptors (Lipinski definition) is 8. The molecule has 9 heteroatoms. The highest BCUT2D eigenvalue weighted by Crippen LogP contribution is 2.46. The van der Waals surface area contributed by atoms with Crippen molar-refractivity contribution in [1.29, 1.82) is 0 Å². The third-order valence-corrected chi connectivity index (χ3v) is 8.05. The highest BCUT2D eigenvalue weighted by Gasteiger charge is 2.55. The zero-order valence-electron chi connectivity index (χ0n) is 20.3. The quantitative estimate of drug-likeness (QED) is 0.628. The number of nitrogens with one attached hydrogen (secondary N) is 2. The Hall–Kier alpha value is -2.94. The van der Waals surface area contributed by atoms with E-state index in [2.05, 4.69) is 30.4 Å². The third kappa shape index (κ3) is 4.42. The van der Waals surface area contributed by atoms with E-state index >= 15 is 0 Å². The molecular formula is C26H35N7O2. The Morgan fingerprint density at radius 2 is 1.94 bits per heavy atom. The standard InChI is InChI=1S/C26H35N7O2/c34-24-26(10-11-27-24)16-19-17-29-25(31-23(19)33(26)21-6-2-3-7-21)30-20-8-9-22(28-18-20)35-15-14-32-12-4-1-5-13-32/h8-9,17-18,21H,1-7,10-16H2,(H,27,34)(H,29,30,31). The summed E-state index contributed by atoms with van der Waals surface area (Å²) in [7, 11) is 0. The lowest BCUT2D eigenvalue weighted by Gasteiger charge is -2.38. The molecule has 0 bridgehead atoms. The molecule has 3 aliphatic heterocycles. The van der Waals surface area contributed by atoms with Crippen LogP contribution in [-0.2, 0) is 11.2 Å². The summed E-state index contributed by atoms with van der Waals surface area (Å²) in [6.07, 6.45) is 13.7. The number of carbonyl (C=O) groups is 1. The fraction of sp³-hybridized carbons (Fsp3) is 0.615. The second-order valence-corrected chi connectivity index (χ2v) is 10.3. The van der Waals surface area contributed by atoms with Crippen molar-refractivity contribution in [3.8, 4) is 5.88 Å². The van der Waals surface area contributed by atoms with Crippen LogP contribution in [0.25, 0.3) is 0 Å². The van der Waals surface area contributed by atoms with E-state index in [0.29, 0.717) is 30.9 Å². The number of pyridine rings is 1. The molecule has 1 atom stereocenters. The Morgan fingerprint density at radius 3 is 2.69 bits per heavy atom. The Bertz CT molecular complexity index is 1050. The van der Waals surface area contributed by atoms with Crippen LogP contribution in [0.5, 0.6) is 5.88 Å². The van der Waals surface area contributed by atoms with Gasteiger partial charge in [-0.3, -0.25) is 9.69 Å². The lowest BCUT2D eigenvalue weighted by atomic mass is 9.91. The van der Waals surface area contributed by atoms with Crippen molar-refractivity contribution in [2.75, 3.05) is 43.0 Å². The fourth-order valence-corrected chi connectivity index (χ4v) is 6.27. The topological polar surface area (TPSA) is 95.5 Å². The average Bonchev–Trinajstić information content (AvgIpc) is 3.60. The number of nitrogens with zero attached hydrogens (tertiary/aromatic N) is 5. The molecular weight excluding hydrogens is 442 g/mol. The lowest BCUT2D eigenvalue weighted by Crippen LogP contribution is -2.56. The molecule has 5 heterocycles. The van der Waals surface area contributed by atoms with Gasteiger partial charge in [0.05, 0.1) is 11.9 Å². The van der Waals surface area contributed by atoms with Crippen LogP contribution >= 0.6 is 0 Å². The number of hydrogen-bond donors (Lipinski definition) is 2. The van der Waals surface area contributed by atoms with Gasteiger partial charge in [-0.15, -0.1) is 0 Å². The number of likely N-dealkylation sites (tertiary alicyclic amines) is 1. The first-order valence-electron chi connectivity index (χ1n) is 13.2. The summed E-state index contributed by atoms with van der Waals surface area (Å²) in [5.74, 6) is 2.21. The molecule has 3 fully saturated rings. The summed E-state index contributed by atoms with van der Waals surface area (Å²) in [5.41, 5.74) is 1.38. The van der Waals surface area contributed by atoms with E-state index in [-0.39, 0.29) is 5.91 Å². The van der Waals surface area contributed by atoms with Crippen LogP contribution < -0.4 is 20.3 Å². The predicted molar refractivity (Wildman–Crippen MR) is 134 cm³/mol. The Kier molecular flexibility index (Phi) is 6.18. The molecule has 4 aliphatic rings. The average molecular weight is 478 g/mol. The van der Waals surface area contributed by atoms with Crippen molar-refractivity contribution in [3.63, 3.8) is 0 Å². The van der Waals surface area contributed by atoms with Gasteiger partial charge in [-0.25, -0.2) is 9.97 Å². The smallest absolute Gasteiger partial charge is 0.246 e. The van der Waals surface area contributed by atoms with Gasteiger partial charge in [0.1, 0.15) is 18.0 Å². The molecule has 2 N–H and O–H groups in total. The maximum atomic E-state index is 13.0. The molecule has 1 aliphatic carbocycles. The minimum Gasteiger partial charge on any atom is -0.476 e. The molecule has 1 amide bonds. The van der Waals surface area contributed by atoms with Gasteiger partial charge in [-0.05, 0) is 51.3 Å². The van der Waals surface area contributed by atoms with Crippen LogP contribution in [0.1, 0.15) is 56.9 Å². The number of ether oxygens (including phenoxy) is 1. The monoisotopic (exact) mass is 477 g/mol. The zero-order valence-corrected chi connectivity index (χ0v) is 20.3. The molecule has 0 aromatic carbocycles. The van der Waals surface area contributed by atoms with Crippen LogP contribution in [0.4, 0.5) is 17.5 Å². The number of amides is 1. The highest BCUT2D eigenvalue weighted by atomic mass is 16.5. The van der Waals surface area contributed by atoms with Gasteiger partial charge in [-0.2, -0.15) is 4.98 Å². The van der Waals surface area contributed by atoms with E-state index in [9.17, 15) is 4.79 Å². The number of carbonyl (C=O) groups excluding carboxylic acids is 1. The van der Waals surface area contributed by atoms with Gasteiger partial charge in [-0.1, -0.05) is 19.3 Å². The van der Waals surface area contributed by atoms with Crippen LogP contribution in [0.3, 0.4) is 0 Å². The number of aromatic nitrogens is 3. The molecule has 1 unspecified atom stereocenters. The van der Waals surface area contributed by atoms with E-state index in [1.165, 1.54) is 45.2 Å². The molecule has 1 spiro atoms. The van der Waals surface area contributed by atoms with Crippen molar-refractivity contribution in [3.05, 3.63) is 30.1 Å². The maximum absolute atomic E-state index is 13.0. The molecule has 9 nitrogen and oxygen atoms in total. The van der Waals surface area contributed by atoms with Crippen molar-refractivity contribution < 1.29 is 9.53 Å². The van der Waals surface area contributed by atoms with Crippen molar-refractivity contribution >= 4 is 23.4 Å². The molecule has 1 saturated carbocycles.